The van der Waals surface area contributed by atoms with Crippen LogP contribution in [0.3, 0.4) is 0 Å². The number of carboxylic acid groups (broad SMARTS) is 1. The van der Waals surface area contributed by atoms with Gasteiger partial charge in [0.05, 0.1) is 24.7 Å². The molecule has 8 nitrogen and oxygen atoms in total. The van der Waals surface area contributed by atoms with Crippen LogP contribution in [0.2, 0.25) is 0 Å². The molecule has 0 aromatic heterocycles. The lowest BCUT2D eigenvalue weighted by Crippen LogP contribution is -2.57. The molecule has 112 valence electrons. The molecule has 0 saturated carbocycles. The lowest BCUT2D eigenvalue weighted by molar-refractivity contribution is -0.142. The molecule has 1 heterocycles. The summed E-state index contributed by atoms with van der Waals surface area (Å²) >= 11 is 0. The minimum atomic E-state index is -3.93. The Kier molecular flexibility index (Phi) is 5.27. The maximum atomic E-state index is 12.1. The van der Waals surface area contributed by atoms with Crippen molar-refractivity contribution in [2.45, 2.75) is 25.3 Å². The van der Waals surface area contributed by atoms with Gasteiger partial charge in [0.15, 0.2) is 0 Å². The van der Waals surface area contributed by atoms with E-state index in [9.17, 15) is 13.2 Å². The summed E-state index contributed by atoms with van der Waals surface area (Å²) in [5.74, 6) is -1.74. The number of piperidine rings is 1. The molecule has 1 rings (SSSR count). The van der Waals surface area contributed by atoms with Gasteiger partial charge in [0.2, 0.25) is 0 Å². The highest BCUT2D eigenvalue weighted by atomic mass is 32.2. The average molecular weight is 296 g/mol. The molecule has 1 aliphatic rings. The van der Waals surface area contributed by atoms with Crippen LogP contribution in [0.25, 0.3) is 0 Å². The second kappa shape index (κ2) is 6.14. The number of hydrogen-bond acceptors (Lipinski definition) is 5. The molecule has 4 N–H and O–H groups in total. The van der Waals surface area contributed by atoms with E-state index in [1.54, 1.807) is 0 Å². The summed E-state index contributed by atoms with van der Waals surface area (Å²) in [6.07, 6.45) is 0.908. The van der Waals surface area contributed by atoms with E-state index in [0.29, 0.717) is 12.8 Å². The molecule has 19 heavy (non-hydrogen) atoms. The zero-order valence-corrected chi connectivity index (χ0v) is 11.6. The van der Waals surface area contributed by atoms with Crippen LogP contribution in [0.1, 0.15) is 19.8 Å². The fraction of sp³-hybridized carbons (Fsp3) is 0.900. The van der Waals surface area contributed by atoms with Crippen LogP contribution >= 0.6 is 0 Å². The summed E-state index contributed by atoms with van der Waals surface area (Å²) in [5, 5.41) is 27.1. The third-order valence-corrected chi connectivity index (χ3v) is 4.91. The molecule has 0 bridgehead atoms. The van der Waals surface area contributed by atoms with Crippen molar-refractivity contribution < 1.29 is 28.5 Å². The van der Waals surface area contributed by atoms with Crippen molar-refractivity contribution in [1.29, 1.82) is 0 Å². The van der Waals surface area contributed by atoms with Crippen molar-refractivity contribution in [2.75, 3.05) is 26.3 Å². The zero-order chi connectivity index (χ0) is 14.7. The molecule has 9 heteroatoms. The van der Waals surface area contributed by atoms with Crippen molar-refractivity contribution in [1.82, 2.24) is 9.03 Å². The van der Waals surface area contributed by atoms with Crippen molar-refractivity contribution in [3.63, 3.8) is 0 Å². The van der Waals surface area contributed by atoms with E-state index in [0.717, 1.165) is 4.31 Å². The maximum absolute atomic E-state index is 12.1. The summed E-state index contributed by atoms with van der Waals surface area (Å²) in [6, 6.07) is 0. The monoisotopic (exact) mass is 296 g/mol. The predicted molar refractivity (Wildman–Crippen MR) is 66.6 cm³/mol. The van der Waals surface area contributed by atoms with Crippen LogP contribution in [0.5, 0.6) is 0 Å². The molecule has 0 aromatic carbocycles. The van der Waals surface area contributed by atoms with Gasteiger partial charge < -0.3 is 15.3 Å². The van der Waals surface area contributed by atoms with Crippen LogP contribution in [-0.2, 0) is 15.0 Å². The smallest absolute Gasteiger partial charge is 0.307 e. The minimum Gasteiger partial charge on any atom is -0.481 e. The van der Waals surface area contributed by atoms with Gasteiger partial charge in [-0.05, 0) is 19.8 Å². The minimum absolute atomic E-state index is 0.0996. The molecule has 0 aromatic rings. The summed E-state index contributed by atoms with van der Waals surface area (Å²) in [5.41, 5.74) is -1.37. The second-order valence-corrected chi connectivity index (χ2v) is 6.69. The van der Waals surface area contributed by atoms with E-state index >= 15 is 0 Å². The number of aliphatic hydroxyl groups excluding tert-OH is 2. The molecule has 0 amide bonds. The van der Waals surface area contributed by atoms with E-state index in [1.807, 2.05) is 0 Å². The van der Waals surface area contributed by atoms with Gasteiger partial charge in [-0.2, -0.15) is 17.4 Å². The summed E-state index contributed by atoms with van der Waals surface area (Å²) in [6.45, 7) is 0.380. The number of aliphatic carboxylic acids is 1. The summed E-state index contributed by atoms with van der Waals surface area (Å²) < 4.78 is 27.4. The largest absolute Gasteiger partial charge is 0.481 e. The van der Waals surface area contributed by atoms with Crippen molar-refractivity contribution in [3.8, 4) is 0 Å². The van der Waals surface area contributed by atoms with Gasteiger partial charge in [0.25, 0.3) is 10.2 Å². The molecule has 0 radical (unpaired) electrons. The van der Waals surface area contributed by atoms with Crippen LogP contribution in [0.15, 0.2) is 0 Å². The van der Waals surface area contributed by atoms with Gasteiger partial charge in [-0.1, -0.05) is 0 Å². The Morgan fingerprint density at radius 1 is 1.42 bits per heavy atom. The number of hydrogen-bond donors (Lipinski definition) is 4. The highest BCUT2D eigenvalue weighted by Crippen LogP contribution is 2.19. The first kappa shape index (κ1) is 16.3. The standard InChI is InChI=1S/C10H20N2O6S/c1-10(6-13,7-14)11-19(17,18)12-4-2-3-8(5-12)9(15)16/h8,11,13-14H,2-7H2,1H3,(H,15,16). The molecule has 0 spiro atoms. The van der Waals surface area contributed by atoms with Gasteiger partial charge >= 0.3 is 5.97 Å². The predicted octanol–water partition coefficient (Wildman–Crippen LogP) is -1.64. The number of rotatable bonds is 6. The molecule has 0 aliphatic carbocycles. The summed E-state index contributed by atoms with van der Waals surface area (Å²) in [7, 11) is -3.93. The molecule has 1 aliphatic heterocycles. The lowest BCUT2D eigenvalue weighted by atomic mass is 10.0. The number of carboxylic acids is 1. The average Bonchev–Trinajstić information content (AvgIpc) is 2.38. The highest BCUT2D eigenvalue weighted by molar-refractivity contribution is 7.87. The van der Waals surface area contributed by atoms with E-state index in [4.69, 9.17) is 15.3 Å². The molecular formula is C10H20N2O6S. The second-order valence-electron chi connectivity index (χ2n) is 5.02. The summed E-state index contributed by atoms with van der Waals surface area (Å²) in [4.78, 5) is 10.9. The van der Waals surface area contributed by atoms with Gasteiger partial charge in [0.1, 0.15) is 0 Å². The van der Waals surface area contributed by atoms with Crippen LogP contribution in [0, 0.1) is 5.92 Å². The van der Waals surface area contributed by atoms with E-state index in [-0.39, 0.29) is 13.1 Å². The van der Waals surface area contributed by atoms with E-state index < -0.39 is 40.8 Å². The fourth-order valence-electron chi connectivity index (χ4n) is 1.85. The number of aliphatic hydroxyl groups is 2. The first-order chi connectivity index (χ1) is 8.74. The van der Waals surface area contributed by atoms with Crippen molar-refractivity contribution >= 4 is 16.2 Å². The van der Waals surface area contributed by atoms with Crippen molar-refractivity contribution in [2.24, 2.45) is 5.92 Å². The number of nitrogens with zero attached hydrogens (tertiary/aromatic N) is 1. The normalized spacial score (nSPS) is 22.4. The van der Waals surface area contributed by atoms with Crippen LogP contribution < -0.4 is 4.72 Å². The quantitative estimate of drug-likeness (QED) is 0.465. The maximum Gasteiger partial charge on any atom is 0.307 e. The third kappa shape index (κ3) is 4.11. The molecule has 1 unspecified atom stereocenters. The number of carbonyl (C=O) groups is 1. The molecule has 1 saturated heterocycles. The molecule has 1 atom stereocenters. The van der Waals surface area contributed by atoms with Gasteiger partial charge in [-0.3, -0.25) is 4.79 Å². The first-order valence-electron chi connectivity index (χ1n) is 5.97. The highest BCUT2D eigenvalue weighted by Gasteiger charge is 2.36. The Balaban J connectivity index is 2.80. The Hall–Kier alpha value is -0.740. The molecular weight excluding hydrogens is 276 g/mol. The Morgan fingerprint density at radius 3 is 2.47 bits per heavy atom. The fourth-order valence-corrected chi connectivity index (χ4v) is 3.48. The first-order valence-corrected chi connectivity index (χ1v) is 7.42. The third-order valence-electron chi connectivity index (χ3n) is 3.15. The van der Waals surface area contributed by atoms with E-state index in [2.05, 4.69) is 4.72 Å². The van der Waals surface area contributed by atoms with Gasteiger partial charge in [-0.15, -0.1) is 0 Å². The number of nitrogens with one attached hydrogen (secondary N) is 1. The van der Waals surface area contributed by atoms with E-state index in [1.165, 1.54) is 6.92 Å². The van der Waals surface area contributed by atoms with Crippen LogP contribution in [-0.4, -0.2) is 65.9 Å². The van der Waals surface area contributed by atoms with Gasteiger partial charge in [-0.25, -0.2) is 0 Å². The van der Waals surface area contributed by atoms with Gasteiger partial charge in [0, 0.05) is 13.1 Å². The SMILES string of the molecule is CC(CO)(CO)NS(=O)(=O)N1CCCC(C(=O)O)C1. The van der Waals surface area contributed by atoms with Crippen LogP contribution in [0.4, 0.5) is 0 Å². The Bertz CT molecular complexity index is 420. The molecule has 1 fully saturated rings. The van der Waals surface area contributed by atoms with Crippen molar-refractivity contribution in [3.05, 3.63) is 0 Å². The lowest BCUT2D eigenvalue weighted by Gasteiger charge is -2.34. The zero-order valence-electron chi connectivity index (χ0n) is 10.7. The Morgan fingerprint density at radius 2 is 2.00 bits per heavy atom. The Labute approximate surface area is 112 Å². The topological polar surface area (TPSA) is 127 Å².